The quantitative estimate of drug-likeness (QED) is 0.495. The van der Waals surface area contributed by atoms with Crippen molar-refractivity contribution in [1.82, 2.24) is 14.5 Å². The molecule has 1 aromatic heterocycles. The number of carbonyl (C=O) groups excluding carboxylic acids is 1. The standard InChI is InChI=1S/C22H24N4O7S2/c1-32-17-5-3-4-16(14-17)21-24-25-22(33-21)23-20(27)15-10-12-26(13-11-15)35(30,31)19-8-6-18(7-9-19)34(2,28)29/h3-9,14-15H,10-13H2,1-2H3,(H,23,25,27). The lowest BCUT2D eigenvalue weighted by Crippen LogP contribution is -2.41. The lowest BCUT2D eigenvalue weighted by atomic mass is 9.97. The van der Waals surface area contributed by atoms with Crippen LogP contribution in [0.2, 0.25) is 0 Å². The Morgan fingerprint density at radius 1 is 1.03 bits per heavy atom. The second-order valence-corrected chi connectivity index (χ2v) is 12.0. The molecule has 1 saturated heterocycles. The molecule has 1 amide bonds. The number of hydrogen-bond acceptors (Lipinski definition) is 9. The van der Waals surface area contributed by atoms with E-state index >= 15 is 0 Å². The van der Waals surface area contributed by atoms with E-state index in [2.05, 4.69) is 15.5 Å². The van der Waals surface area contributed by atoms with Gasteiger partial charge in [0.05, 0.1) is 16.9 Å². The number of anilines is 1. The monoisotopic (exact) mass is 520 g/mol. The highest BCUT2D eigenvalue weighted by atomic mass is 32.2. The fourth-order valence-corrected chi connectivity index (χ4v) is 5.82. The van der Waals surface area contributed by atoms with E-state index in [1.165, 1.54) is 28.6 Å². The first-order chi connectivity index (χ1) is 16.6. The molecular formula is C22H24N4O7S2. The average molecular weight is 521 g/mol. The van der Waals surface area contributed by atoms with Crippen molar-refractivity contribution in [2.45, 2.75) is 22.6 Å². The number of carbonyl (C=O) groups is 1. The highest BCUT2D eigenvalue weighted by Gasteiger charge is 2.32. The van der Waals surface area contributed by atoms with Crippen LogP contribution in [0.25, 0.3) is 11.5 Å². The number of aromatic nitrogens is 2. The number of sulfonamides is 1. The summed E-state index contributed by atoms with van der Waals surface area (Å²) in [6.07, 6.45) is 1.67. The molecule has 35 heavy (non-hydrogen) atoms. The molecule has 0 atom stereocenters. The average Bonchev–Trinajstić information content (AvgIpc) is 3.32. The van der Waals surface area contributed by atoms with E-state index in [0.29, 0.717) is 24.2 Å². The molecule has 1 aliphatic heterocycles. The third-order valence-corrected chi connectivity index (χ3v) is 8.73. The molecule has 4 rings (SSSR count). The number of piperidine rings is 1. The first-order valence-corrected chi connectivity index (χ1v) is 14.0. The van der Waals surface area contributed by atoms with Gasteiger partial charge in [-0.3, -0.25) is 10.1 Å². The first kappa shape index (κ1) is 24.8. The summed E-state index contributed by atoms with van der Waals surface area (Å²) in [5.41, 5.74) is 0.639. The van der Waals surface area contributed by atoms with Crippen LogP contribution in [0, 0.1) is 5.92 Å². The maximum absolute atomic E-state index is 12.9. The van der Waals surface area contributed by atoms with E-state index in [1.807, 2.05) is 0 Å². The Labute approximate surface area is 203 Å². The van der Waals surface area contributed by atoms with Crippen LogP contribution in [0.1, 0.15) is 12.8 Å². The van der Waals surface area contributed by atoms with Gasteiger partial charge in [-0.1, -0.05) is 11.2 Å². The molecule has 1 aliphatic rings. The highest BCUT2D eigenvalue weighted by molar-refractivity contribution is 7.90. The number of hydrogen-bond donors (Lipinski definition) is 1. The van der Waals surface area contributed by atoms with Crippen LogP contribution in [-0.2, 0) is 24.7 Å². The third-order valence-electron chi connectivity index (χ3n) is 5.69. The van der Waals surface area contributed by atoms with Gasteiger partial charge >= 0.3 is 6.01 Å². The van der Waals surface area contributed by atoms with Crippen molar-refractivity contribution in [3.8, 4) is 17.2 Å². The number of sulfone groups is 1. The molecule has 0 saturated carbocycles. The number of rotatable bonds is 7. The van der Waals surface area contributed by atoms with Gasteiger partial charge in [0, 0.05) is 30.8 Å². The molecule has 0 bridgehead atoms. The molecule has 3 aromatic rings. The summed E-state index contributed by atoms with van der Waals surface area (Å²) < 4.78 is 61.1. The van der Waals surface area contributed by atoms with Crippen molar-refractivity contribution in [3.63, 3.8) is 0 Å². The van der Waals surface area contributed by atoms with Gasteiger partial charge in [-0.25, -0.2) is 16.8 Å². The summed E-state index contributed by atoms with van der Waals surface area (Å²) in [6, 6.07) is 12.1. The minimum Gasteiger partial charge on any atom is -0.497 e. The van der Waals surface area contributed by atoms with Crippen LogP contribution < -0.4 is 10.1 Å². The van der Waals surface area contributed by atoms with Crippen molar-refractivity contribution in [1.29, 1.82) is 0 Å². The molecule has 2 aromatic carbocycles. The topological polar surface area (TPSA) is 149 Å². The van der Waals surface area contributed by atoms with Crippen molar-refractivity contribution in [2.24, 2.45) is 5.92 Å². The van der Waals surface area contributed by atoms with Crippen LogP contribution in [0.3, 0.4) is 0 Å². The normalized spacial score (nSPS) is 15.6. The van der Waals surface area contributed by atoms with Crippen molar-refractivity contribution in [2.75, 3.05) is 31.8 Å². The fourth-order valence-electron chi connectivity index (χ4n) is 3.72. The molecule has 186 valence electrons. The number of nitrogens with one attached hydrogen (secondary N) is 1. The van der Waals surface area contributed by atoms with E-state index in [9.17, 15) is 21.6 Å². The highest BCUT2D eigenvalue weighted by Crippen LogP contribution is 2.27. The minimum atomic E-state index is -3.81. The van der Waals surface area contributed by atoms with E-state index in [0.717, 1.165) is 6.26 Å². The van der Waals surface area contributed by atoms with Gasteiger partial charge < -0.3 is 9.15 Å². The predicted molar refractivity (Wildman–Crippen MR) is 126 cm³/mol. The summed E-state index contributed by atoms with van der Waals surface area (Å²) in [4.78, 5) is 12.7. The van der Waals surface area contributed by atoms with Gasteiger partial charge in [0.2, 0.25) is 21.8 Å². The molecule has 0 aliphatic carbocycles. The van der Waals surface area contributed by atoms with Crippen LogP contribution >= 0.6 is 0 Å². The van der Waals surface area contributed by atoms with Gasteiger partial charge in [0.25, 0.3) is 0 Å². The van der Waals surface area contributed by atoms with Crippen LogP contribution in [-0.4, -0.2) is 63.7 Å². The van der Waals surface area contributed by atoms with Gasteiger partial charge in [-0.05, 0) is 55.3 Å². The zero-order valence-electron chi connectivity index (χ0n) is 19.0. The number of methoxy groups -OCH3 is 1. The van der Waals surface area contributed by atoms with Gasteiger partial charge in [-0.15, -0.1) is 5.10 Å². The Kier molecular flexibility index (Phi) is 6.92. The van der Waals surface area contributed by atoms with Crippen LogP contribution in [0.5, 0.6) is 5.75 Å². The van der Waals surface area contributed by atoms with Crippen LogP contribution in [0.4, 0.5) is 6.01 Å². The Hall–Kier alpha value is -3.29. The molecular weight excluding hydrogens is 496 g/mol. The molecule has 13 heteroatoms. The second kappa shape index (κ2) is 9.76. The van der Waals surface area contributed by atoms with Crippen molar-refractivity contribution < 1.29 is 30.8 Å². The Morgan fingerprint density at radius 3 is 2.31 bits per heavy atom. The largest absolute Gasteiger partial charge is 0.497 e. The first-order valence-electron chi connectivity index (χ1n) is 10.7. The fraction of sp³-hybridized carbons (Fsp3) is 0.318. The SMILES string of the molecule is COc1cccc(-c2nnc(NC(=O)C3CCN(S(=O)(=O)c4ccc(S(C)(=O)=O)cc4)CC3)o2)c1. The Bertz CT molecular complexity index is 1430. The maximum atomic E-state index is 12.9. The smallest absolute Gasteiger partial charge is 0.322 e. The van der Waals surface area contributed by atoms with E-state index in [-0.39, 0.29) is 40.7 Å². The Morgan fingerprint density at radius 2 is 1.69 bits per heavy atom. The molecule has 1 N–H and O–H groups in total. The molecule has 0 unspecified atom stereocenters. The van der Waals surface area contributed by atoms with Crippen LogP contribution in [0.15, 0.2) is 62.7 Å². The third kappa shape index (κ3) is 5.52. The van der Waals surface area contributed by atoms with E-state index in [4.69, 9.17) is 9.15 Å². The maximum Gasteiger partial charge on any atom is 0.322 e. The summed E-state index contributed by atoms with van der Waals surface area (Å²) in [6.45, 7) is 0.292. The van der Waals surface area contributed by atoms with E-state index in [1.54, 1.807) is 31.4 Å². The summed E-state index contributed by atoms with van der Waals surface area (Å²) in [7, 11) is -5.69. The molecule has 2 heterocycles. The lowest BCUT2D eigenvalue weighted by Gasteiger charge is -2.30. The van der Waals surface area contributed by atoms with Gasteiger partial charge in [-0.2, -0.15) is 4.31 Å². The summed E-state index contributed by atoms with van der Waals surface area (Å²) in [5.74, 6) is 0.0861. The molecule has 11 nitrogen and oxygen atoms in total. The number of amides is 1. The van der Waals surface area contributed by atoms with Crippen molar-refractivity contribution >= 4 is 31.8 Å². The van der Waals surface area contributed by atoms with Gasteiger partial charge in [0.1, 0.15) is 5.75 Å². The van der Waals surface area contributed by atoms with E-state index < -0.39 is 25.8 Å². The lowest BCUT2D eigenvalue weighted by molar-refractivity contribution is -0.121. The zero-order valence-corrected chi connectivity index (χ0v) is 20.7. The Balaban J connectivity index is 1.36. The summed E-state index contributed by atoms with van der Waals surface area (Å²) >= 11 is 0. The number of benzene rings is 2. The zero-order chi connectivity index (χ0) is 25.2. The predicted octanol–water partition coefficient (Wildman–Crippen LogP) is 2.19. The second-order valence-electron chi connectivity index (χ2n) is 8.06. The molecule has 1 fully saturated rings. The molecule has 0 radical (unpaired) electrons. The number of ether oxygens (including phenoxy) is 1. The van der Waals surface area contributed by atoms with Gasteiger partial charge in [0.15, 0.2) is 9.84 Å². The minimum absolute atomic E-state index is 0.00346. The summed E-state index contributed by atoms with van der Waals surface area (Å²) in [5, 5.41) is 10.4. The number of nitrogens with zero attached hydrogens (tertiary/aromatic N) is 3. The van der Waals surface area contributed by atoms with Crippen molar-refractivity contribution in [3.05, 3.63) is 48.5 Å². The molecule has 0 spiro atoms.